The molecule has 1 saturated carbocycles. The number of nitrogens with zero attached hydrogens (tertiary/aromatic N) is 2. The monoisotopic (exact) mass is 474 g/mol. The summed E-state index contributed by atoms with van der Waals surface area (Å²) < 4.78 is 110. The Morgan fingerprint density at radius 1 is 1.03 bits per heavy atom. The quantitative estimate of drug-likeness (QED) is 0.609. The van der Waals surface area contributed by atoms with Gasteiger partial charge in [-0.25, -0.2) is 8.42 Å². The molecule has 1 aromatic carbocycles. The molecule has 0 spiro atoms. The molecule has 0 amide bonds. The summed E-state index contributed by atoms with van der Waals surface area (Å²) in [6.07, 6.45) is -8.72. The predicted molar refractivity (Wildman–Crippen MR) is 102 cm³/mol. The van der Waals surface area contributed by atoms with Crippen LogP contribution in [0, 0.1) is 0 Å². The van der Waals surface area contributed by atoms with Gasteiger partial charge in [0, 0.05) is 39.0 Å². The highest BCUT2D eigenvalue weighted by molar-refractivity contribution is 7.92. The molecule has 5 nitrogen and oxygen atoms in total. The zero-order chi connectivity index (χ0) is 23.0. The maximum atomic E-state index is 13.8. The summed E-state index contributed by atoms with van der Waals surface area (Å²) >= 11 is 0. The average Bonchev–Trinajstić information content (AvgIpc) is 3.16. The molecule has 12 heteroatoms. The SMILES string of the molecule is CO[C@H]1CC[C@@H](S(=O)(=O)c2ccc(N3CCN(CC(F)(F)F)CC3)cc2C(F)(F)F)C1. The Balaban J connectivity index is 1.83. The Kier molecular flexibility index (Phi) is 6.83. The van der Waals surface area contributed by atoms with Crippen molar-refractivity contribution in [3.8, 4) is 0 Å². The third-order valence-corrected chi connectivity index (χ3v) is 8.10. The van der Waals surface area contributed by atoms with Gasteiger partial charge in [0.05, 0.1) is 28.4 Å². The average molecular weight is 474 g/mol. The lowest BCUT2D eigenvalue weighted by Crippen LogP contribution is -2.49. The first-order chi connectivity index (χ1) is 14.3. The topological polar surface area (TPSA) is 49.9 Å². The number of methoxy groups -OCH3 is 1. The van der Waals surface area contributed by atoms with E-state index in [4.69, 9.17) is 4.74 Å². The fraction of sp³-hybridized carbons (Fsp3) is 0.684. The molecule has 1 aliphatic carbocycles. The van der Waals surface area contributed by atoms with E-state index in [0.717, 1.165) is 12.1 Å². The molecule has 1 heterocycles. The van der Waals surface area contributed by atoms with Gasteiger partial charge in [0.15, 0.2) is 9.84 Å². The molecule has 2 aliphatic rings. The van der Waals surface area contributed by atoms with Crippen LogP contribution >= 0.6 is 0 Å². The highest BCUT2D eigenvalue weighted by Gasteiger charge is 2.42. The van der Waals surface area contributed by atoms with Gasteiger partial charge >= 0.3 is 12.4 Å². The largest absolute Gasteiger partial charge is 0.417 e. The van der Waals surface area contributed by atoms with Crippen LogP contribution in [0.3, 0.4) is 0 Å². The van der Waals surface area contributed by atoms with E-state index >= 15 is 0 Å². The van der Waals surface area contributed by atoms with Crippen molar-refractivity contribution in [2.75, 3.05) is 44.7 Å². The minimum absolute atomic E-state index is 0.0430. The number of sulfone groups is 1. The number of anilines is 1. The molecule has 31 heavy (non-hydrogen) atoms. The van der Waals surface area contributed by atoms with Crippen LogP contribution in [0.5, 0.6) is 0 Å². The lowest BCUT2D eigenvalue weighted by atomic mass is 10.1. The Morgan fingerprint density at radius 2 is 1.68 bits per heavy atom. The Bertz CT molecular complexity index is 880. The summed E-state index contributed by atoms with van der Waals surface area (Å²) in [6, 6.07) is 3.05. The van der Waals surface area contributed by atoms with Crippen LogP contribution in [0.4, 0.5) is 32.0 Å². The number of hydrogen-bond donors (Lipinski definition) is 0. The van der Waals surface area contributed by atoms with Crippen molar-refractivity contribution in [1.29, 1.82) is 0 Å². The molecule has 0 radical (unpaired) electrons. The number of benzene rings is 1. The summed E-state index contributed by atoms with van der Waals surface area (Å²) in [7, 11) is -2.79. The normalized spacial score (nSPS) is 24.0. The van der Waals surface area contributed by atoms with Crippen molar-refractivity contribution in [2.24, 2.45) is 0 Å². The van der Waals surface area contributed by atoms with Gasteiger partial charge in [-0.05, 0) is 37.5 Å². The van der Waals surface area contributed by atoms with Crippen LogP contribution in [-0.2, 0) is 20.8 Å². The van der Waals surface area contributed by atoms with Crippen molar-refractivity contribution in [3.05, 3.63) is 23.8 Å². The van der Waals surface area contributed by atoms with Crippen molar-refractivity contribution < 1.29 is 39.5 Å². The third-order valence-electron chi connectivity index (χ3n) is 5.82. The molecule has 0 bridgehead atoms. The van der Waals surface area contributed by atoms with Crippen LogP contribution in [0.15, 0.2) is 23.1 Å². The Hall–Kier alpha value is -1.53. The molecule has 176 valence electrons. The van der Waals surface area contributed by atoms with Crippen molar-refractivity contribution in [3.63, 3.8) is 0 Å². The standard InChI is InChI=1S/C19H24F6N2O3S/c1-30-14-3-4-15(11-14)31(28,29)17-5-2-13(10-16(17)19(23,24)25)27-8-6-26(7-9-27)12-18(20,21)22/h2,5,10,14-15H,3-4,6-9,11-12H2,1H3/t14-,15+/m0/s1. The second-order valence-electron chi connectivity index (χ2n) is 7.89. The maximum absolute atomic E-state index is 13.8. The molecular formula is C19H24F6N2O3S. The van der Waals surface area contributed by atoms with Gasteiger partial charge in [-0.3, -0.25) is 4.90 Å². The molecule has 2 atom stereocenters. The first kappa shape index (κ1) is 24.1. The van der Waals surface area contributed by atoms with Crippen LogP contribution in [0.2, 0.25) is 0 Å². The van der Waals surface area contributed by atoms with E-state index < -0.39 is 44.4 Å². The van der Waals surface area contributed by atoms with Gasteiger partial charge in [-0.15, -0.1) is 0 Å². The number of piperazine rings is 1. The van der Waals surface area contributed by atoms with E-state index in [1.165, 1.54) is 23.0 Å². The second kappa shape index (κ2) is 8.78. The van der Waals surface area contributed by atoms with Gasteiger partial charge in [0.25, 0.3) is 0 Å². The van der Waals surface area contributed by atoms with E-state index in [1.54, 1.807) is 0 Å². The van der Waals surface area contributed by atoms with E-state index in [9.17, 15) is 34.8 Å². The lowest BCUT2D eigenvalue weighted by Gasteiger charge is -2.36. The van der Waals surface area contributed by atoms with Crippen molar-refractivity contribution >= 4 is 15.5 Å². The van der Waals surface area contributed by atoms with Crippen LogP contribution < -0.4 is 4.90 Å². The summed E-state index contributed by atoms with van der Waals surface area (Å²) in [6.45, 7) is -0.770. The van der Waals surface area contributed by atoms with Gasteiger partial charge < -0.3 is 9.64 Å². The lowest BCUT2D eigenvalue weighted by molar-refractivity contribution is -0.146. The number of hydrogen-bond acceptors (Lipinski definition) is 5. The number of alkyl halides is 6. The highest BCUT2D eigenvalue weighted by Crippen LogP contribution is 2.40. The molecule has 0 aromatic heterocycles. The minimum Gasteiger partial charge on any atom is -0.381 e. The number of rotatable bonds is 5. The summed E-state index contributed by atoms with van der Waals surface area (Å²) in [5, 5.41) is -0.949. The molecule has 3 rings (SSSR count). The predicted octanol–water partition coefficient (Wildman–Crippen LogP) is 3.73. The maximum Gasteiger partial charge on any atom is 0.417 e. The molecule has 1 aliphatic heterocycles. The first-order valence-electron chi connectivity index (χ1n) is 9.83. The fourth-order valence-electron chi connectivity index (χ4n) is 4.18. The van der Waals surface area contributed by atoms with E-state index in [-0.39, 0.29) is 50.8 Å². The molecular weight excluding hydrogens is 450 g/mol. The molecule has 2 fully saturated rings. The van der Waals surface area contributed by atoms with Crippen molar-refractivity contribution in [1.82, 2.24) is 4.90 Å². The zero-order valence-electron chi connectivity index (χ0n) is 16.8. The molecule has 1 saturated heterocycles. The van der Waals surface area contributed by atoms with Crippen LogP contribution in [0.25, 0.3) is 0 Å². The summed E-state index contributed by atoms with van der Waals surface area (Å²) in [5.74, 6) is 0. The second-order valence-corrected chi connectivity index (χ2v) is 10.1. The number of ether oxygens (including phenoxy) is 1. The third kappa shape index (κ3) is 5.64. The Labute approximate surface area is 176 Å². The van der Waals surface area contributed by atoms with Crippen LogP contribution in [-0.4, -0.2) is 70.7 Å². The fourth-order valence-corrected chi connectivity index (χ4v) is 6.19. The van der Waals surface area contributed by atoms with Crippen molar-refractivity contribution in [2.45, 2.75) is 47.9 Å². The van der Waals surface area contributed by atoms with Crippen LogP contribution in [0.1, 0.15) is 24.8 Å². The van der Waals surface area contributed by atoms with E-state index in [0.29, 0.717) is 6.42 Å². The van der Waals surface area contributed by atoms with Gasteiger partial charge in [-0.1, -0.05) is 0 Å². The zero-order valence-corrected chi connectivity index (χ0v) is 17.7. The number of halogens is 6. The minimum atomic E-state index is -4.89. The molecule has 0 unspecified atom stereocenters. The molecule has 0 N–H and O–H groups in total. The summed E-state index contributed by atoms with van der Waals surface area (Å²) in [4.78, 5) is 1.96. The Morgan fingerprint density at radius 3 is 2.19 bits per heavy atom. The first-order valence-corrected chi connectivity index (χ1v) is 11.4. The van der Waals surface area contributed by atoms with Gasteiger partial charge in [0.1, 0.15) is 0 Å². The van der Waals surface area contributed by atoms with E-state index in [2.05, 4.69) is 0 Å². The summed E-state index contributed by atoms with van der Waals surface area (Å²) in [5.41, 5.74) is -1.11. The van der Waals surface area contributed by atoms with Gasteiger partial charge in [-0.2, -0.15) is 26.3 Å². The van der Waals surface area contributed by atoms with Gasteiger partial charge in [0.2, 0.25) is 0 Å². The molecule has 1 aromatic rings. The highest BCUT2D eigenvalue weighted by atomic mass is 32.2. The smallest absolute Gasteiger partial charge is 0.381 e. The van der Waals surface area contributed by atoms with E-state index in [1.807, 2.05) is 0 Å².